The Kier molecular flexibility index (Phi) is 5.89. The van der Waals surface area contributed by atoms with Crippen molar-refractivity contribution in [2.45, 2.75) is 56.2 Å². The maximum atomic E-state index is 12.0. The zero-order valence-corrected chi connectivity index (χ0v) is 17.5. The van der Waals surface area contributed by atoms with Gasteiger partial charge < -0.3 is 24.1 Å². The van der Waals surface area contributed by atoms with Crippen molar-refractivity contribution in [2.75, 3.05) is 6.61 Å². The fraction of sp³-hybridized carbons (Fsp3) is 0.556. The minimum Gasteiger partial charge on any atom is -0.453 e. The largest absolute Gasteiger partial charge is 0.453 e. The minimum atomic E-state index is -1.32. The Morgan fingerprint density at radius 1 is 1.19 bits per heavy atom. The van der Waals surface area contributed by atoms with Crippen LogP contribution in [-0.2, 0) is 25.5 Å². The lowest BCUT2D eigenvalue weighted by Crippen LogP contribution is -2.26. The summed E-state index contributed by atoms with van der Waals surface area (Å²) in [7, 11) is 0. The monoisotopic (exact) mass is 478 g/mol. The van der Waals surface area contributed by atoms with E-state index < -0.39 is 29.7 Å². The van der Waals surface area contributed by atoms with E-state index in [2.05, 4.69) is 0 Å². The van der Waals surface area contributed by atoms with Crippen LogP contribution in [0.1, 0.15) is 52.2 Å². The zero-order valence-electron chi connectivity index (χ0n) is 15.4. The summed E-state index contributed by atoms with van der Waals surface area (Å²) in [6, 6.07) is 1.48. The summed E-state index contributed by atoms with van der Waals surface area (Å²) >= 11 is 1.94. The van der Waals surface area contributed by atoms with E-state index in [9.17, 15) is 19.8 Å². The van der Waals surface area contributed by atoms with Gasteiger partial charge in [0.2, 0.25) is 0 Å². The first-order valence-corrected chi connectivity index (χ1v) is 9.46. The molecule has 0 fully saturated rings. The van der Waals surface area contributed by atoms with Gasteiger partial charge in [0.05, 0.1) is 11.2 Å². The minimum absolute atomic E-state index is 0.118. The molecule has 1 unspecified atom stereocenters. The van der Waals surface area contributed by atoms with E-state index in [0.29, 0.717) is 23.1 Å². The summed E-state index contributed by atoms with van der Waals surface area (Å²) in [5.41, 5.74) is -1.25. The first-order valence-electron chi connectivity index (χ1n) is 8.22. The van der Waals surface area contributed by atoms with Gasteiger partial charge >= 0.3 is 11.9 Å². The molecule has 1 atom stereocenters. The fourth-order valence-corrected chi connectivity index (χ4v) is 2.89. The Balaban J connectivity index is 2.23. The second kappa shape index (κ2) is 7.32. The van der Waals surface area contributed by atoms with Crippen molar-refractivity contribution in [3.63, 3.8) is 0 Å². The SMILES string of the molecule is CCC(I)C(=O)OCC(=O)Oc1cc2oc1c(C(C)(C)O)c2C(C)(C)O. The molecule has 2 N–H and O–H groups in total. The summed E-state index contributed by atoms with van der Waals surface area (Å²) in [6.07, 6.45) is 0.600. The van der Waals surface area contributed by atoms with E-state index >= 15 is 0 Å². The van der Waals surface area contributed by atoms with Crippen LogP contribution < -0.4 is 4.74 Å². The van der Waals surface area contributed by atoms with E-state index in [1.54, 1.807) is 27.7 Å². The Morgan fingerprint density at radius 2 is 1.77 bits per heavy atom. The predicted molar refractivity (Wildman–Crippen MR) is 103 cm³/mol. The number of fused-ring (bicyclic) bond motifs is 2. The lowest BCUT2D eigenvalue weighted by molar-refractivity contribution is -0.152. The van der Waals surface area contributed by atoms with Crippen molar-refractivity contribution in [3.05, 3.63) is 17.2 Å². The third-order valence-corrected chi connectivity index (χ3v) is 5.20. The molecule has 0 aliphatic heterocycles. The van der Waals surface area contributed by atoms with Crippen LogP contribution in [-0.4, -0.2) is 32.7 Å². The van der Waals surface area contributed by atoms with E-state index in [-0.39, 0.29) is 15.3 Å². The van der Waals surface area contributed by atoms with Crippen LogP contribution in [0, 0.1) is 0 Å². The molecule has 0 aliphatic carbocycles. The number of hydrogen-bond donors (Lipinski definition) is 2. The van der Waals surface area contributed by atoms with E-state index in [4.69, 9.17) is 13.9 Å². The van der Waals surface area contributed by atoms with Crippen LogP contribution in [0.2, 0.25) is 0 Å². The van der Waals surface area contributed by atoms with Crippen molar-refractivity contribution >= 4 is 45.7 Å². The smallest absolute Gasteiger partial charge is 0.349 e. The van der Waals surface area contributed by atoms with Crippen LogP contribution in [0.15, 0.2) is 10.5 Å². The number of rotatable bonds is 7. The molecule has 2 bridgehead atoms. The molecule has 0 aromatic carbocycles. The van der Waals surface area contributed by atoms with Gasteiger partial charge in [0, 0.05) is 17.2 Å². The Bertz CT molecular complexity index is 795. The number of furan rings is 2. The van der Waals surface area contributed by atoms with Crippen molar-refractivity contribution in [2.24, 2.45) is 0 Å². The summed E-state index contributed by atoms with van der Waals surface area (Å²) in [6.45, 7) is 7.60. The molecule has 0 saturated carbocycles. The van der Waals surface area contributed by atoms with E-state index in [1.807, 2.05) is 29.5 Å². The molecule has 26 heavy (non-hydrogen) atoms. The number of carbonyl (C=O) groups is 2. The molecular formula is C18H23IO7. The van der Waals surface area contributed by atoms with Crippen molar-refractivity contribution in [1.82, 2.24) is 0 Å². The molecule has 2 heterocycles. The molecule has 7 nitrogen and oxygen atoms in total. The number of aliphatic hydroxyl groups is 2. The van der Waals surface area contributed by atoms with Crippen LogP contribution in [0.4, 0.5) is 0 Å². The van der Waals surface area contributed by atoms with E-state index in [0.717, 1.165) is 0 Å². The van der Waals surface area contributed by atoms with E-state index in [1.165, 1.54) is 6.07 Å². The quantitative estimate of drug-likeness (QED) is 0.273. The first kappa shape index (κ1) is 20.9. The number of hydrogen-bond acceptors (Lipinski definition) is 7. The second-order valence-corrected chi connectivity index (χ2v) is 8.63. The number of esters is 2. The third-order valence-electron chi connectivity index (χ3n) is 3.82. The number of carbonyl (C=O) groups excluding carboxylic acids is 2. The normalized spacial score (nSPS) is 13.8. The molecule has 0 spiro atoms. The van der Waals surface area contributed by atoms with Crippen molar-refractivity contribution in [3.8, 4) is 5.75 Å². The highest BCUT2D eigenvalue weighted by molar-refractivity contribution is 14.1. The van der Waals surface area contributed by atoms with Crippen molar-refractivity contribution < 1.29 is 33.7 Å². The molecule has 0 radical (unpaired) electrons. The van der Waals surface area contributed by atoms with Crippen LogP contribution in [0.5, 0.6) is 5.75 Å². The van der Waals surface area contributed by atoms with Gasteiger partial charge in [0.15, 0.2) is 17.9 Å². The molecule has 8 heteroatoms. The highest BCUT2D eigenvalue weighted by Gasteiger charge is 2.38. The number of benzene rings is 1. The predicted octanol–water partition coefficient (Wildman–Crippen LogP) is 2.99. The van der Waals surface area contributed by atoms with Crippen LogP contribution in [0.25, 0.3) is 11.2 Å². The first-order chi connectivity index (χ1) is 11.9. The topological polar surface area (TPSA) is 106 Å². The molecular weight excluding hydrogens is 455 g/mol. The van der Waals surface area contributed by atoms with Gasteiger partial charge in [-0.15, -0.1) is 0 Å². The summed E-state index contributed by atoms with van der Waals surface area (Å²) in [4.78, 5) is 23.6. The Hall–Kier alpha value is -1.39. The summed E-state index contributed by atoms with van der Waals surface area (Å²) < 4.78 is 15.4. The van der Waals surface area contributed by atoms with Gasteiger partial charge in [-0.2, -0.15) is 0 Å². The third kappa shape index (κ3) is 4.29. The lowest BCUT2D eigenvalue weighted by atomic mass is 9.85. The molecule has 144 valence electrons. The molecule has 0 amide bonds. The van der Waals surface area contributed by atoms with Gasteiger partial charge in [-0.05, 0) is 34.1 Å². The average Bonchev–Trinajstić information content (AvgIpc) is 3.08. The van der Waals surface area contributed by atoms with Gasteiger partial charge in [0.25, 0.3) is 0 Å². The number of alkyl halides is 1. The molecule has 2 aromatic heterocycles. The van der Waals surface area contributed by atoms with Crippen LogP contribution >= 0.6 is 22.6 Å². The number of halogens is 1. The lowest BCUT2D eigenvalue weighted by Gasteiger charge is -2.25. The van der Waals surface area contributed by atoms with Gasteiger partial charge in [-0.3, -0.25) is 4.79 Å². The van der Waals surface area contributed by atoms with Crippen LogP contribution in [0.3, 0.4) is 0 Å². The zero-order chi connectivity index (χ0) is 19.9. The van der Waals surface area contributed by atoms with Crippen molar-refractivity contribution in [1.29, 1.82) is 0 Å². The Labute approximate surface area is 165 Å². The number of ether oxygens (including phenoxy) is 2. The molecule has 2 aromatic rings. The molecule has 2 rings (SSSR count). The highest BCUT2D eigenvalue weighted by atomic mass is 127. The van der Waals surface area contributed by atoms with Gasteiger partial charge in [-0.1, -0.05) is 29.5 Å². The molecule has 0 aliphatic rings. The highest BCUT2D eigenvalue weighted by Crippen LogP contribution is 2.46. The standard InChI is InChI=1S/C18H23IO7/c1-6-9(19)16(21)24-8-12(20)25-11-7-10-13(17(2,3)22)14(15(11)26-10)18(4,5)23/h7,9,22-23H,6,8H2,1-5H3. The summed E-state index contributed by atoms with van der Waals surface area (Å²) in [5.74, 6) is -1.12. The average molecular weight is 478 g/mol. The second-order valence-electron chi connectivity index (χ2n) is 7.13. The van der Waals surface area contributed by atoms with Gasteiger partial charge in [0.1, 0.15) is 9.51 Å². The maximum Gasteiger partial charge on any atom is 0.349 e. The maximum absolute atomic E-state index is 12.0. The van der Waals surface area contributed by atoms with Gasteiger partial charge in [-0.25, -0.2) is 4.79 Å². The Morgan fingerprint density at radius 3 is 2.27 bits per heavy atom. The molecule has 0 saturated heterocycles. The fourth-order valence-electron chi connectivity index (χ4n) is 2.71. The summed E-state index contributed by atoms with van der Waals surface area (Å²) in [5, 5.41) is 20.9.